The van der Waals surface area contributed by atoms with Crippen LogP contribution in [0.25, 0.3) is 6.08 Å². The Hall–Kier alpha value is -3.15. The number of hydrogen-bond acceptors (Lipinski definition) is 5. The Labute approximate surface area is 140 Å². The average Bonchev–Trinajstić information content (AvgIpc) is 2.64. The Bertz CT molecular complexity index is 697. The second kappa shape index (κ2) is 9.09. The fraction of sp³-hybridized carbons (Fsp3) is 0.167. The van der Waals surface area contributed by atoms with Crippen LogP contribution in [-0.4, -0.2) is 30.6 Å². The van der Waals surface area contributed by atoms with E-state index in [1.807, 2.05) is 12.1 Å². The minimum atomic E-state index is -0.440. The fourth-order valence-corrected chi connectivity index (χ4v) is 1.80. The summed E-state index contributed by atoms with van der Waals surface area (Å²) in [6.45, 7) is 0.315. The van der Waals surface area contributed by atoms with Crippen molar-refractivity contribution in [1.29, 1.82) is 0 Å². The molecule has 2 aromatic rings. The lowest BCUT2D eigenvalue weighted by atomic mass is 10.2. The molecule has 6 nitrogen and oxygen atoms in total. The number of carbonyl (C=O) groups excluding carboxylic acids is 2. The third kappa shape index (κ3) is 5.92. The highest BCUT2D eigenvalue weighted by molar-refractivity contribution is 5.91. The van der Waals surface area contributed by atoms with Gasteiger partial charge in [0, 0.05) is 25.0 Å². The van der Waals surface area contributed by atoms with Crippen molar-refractivity contribution < 1.29 is 19.1 Å². The van der Waals surface area contributed by atoms with Gasteiger partial charge in [-0.05, 0) is 41.5 Å². The van der Waals surface area contributed by atoms with Gasteiger partial charge in [-0.15, -0.1) is 0 Å². The highest BCUT2D eigenvalue weighted by atomic mass is 16.6. The topological polar surface area (TPSA) is 77.5 Å². The zero-order valence-electron chi connectivity index (χ0n) is 13.3. The number of ether oxygens (including phenoxy) is 2. The van der Waals surface area contributed by atoms with E-state index in [2.05, 4.69) is 15.0 Å². The van der Waals surface area contributed by atoms with E-state index in [9.17, 15) is 9.59 Å². The van der Waals surface area contributed by atoms with E-state index in [0.29, 0.717) is 12.3 Å². The highest BCUT2D eigenvalue weighted by Gasteiger charge is 2.01. The van der Waals surface area contributed by atoms with Crippen LogP contribution in [0, 0.1) is 0 Å². The van der Waals surface area contributed by atoms with Crippen molar-refractivity contribution in [3.8, 4) is 5.75 Å². The Balaban J connectivity index is 1.80. The van der Waals surface area contributed by atoms with Crippen LogP contribution >= 0.6 is 0 Å². The largest absolute Gasteiger partial charge is 0.482 e. The minimum Gasteiger partial charge on any atom is -0.482 e. The zero-order valence-corrected chi connectivity index (χ0v) is 13.3. The lowest BCUT2D eigenvalue weighted by Gasteiger charge is -2.04. The summed E-state index contributed by atoms with van der Waals surface area (Å²) in [5.41, 5.74) is 1.83. The SMILES string of the molecule is COC(=O)COc1ccc(C=CC(=O)NCc2ccncc2)cc1. The van der Waals surface area contributed by atoms with Gasteiger partial charge >= 0.3 is 5.97 Å². The van der Waals surface area contributed by atoms with Gasteiger partial charge in [0.15, 0.2) is 6.61 Å². The molecule has 0 unspecified atom stereocenters. The molecule has 6 heteroatoms. The van der Waals surface area contributed by atoms with E-state index in [0.717, 1.165) is 11.1 Å². The number of nitrogens with one attached hydrogen (secondary N) is 1. The third-order valence-electron chi connectivity index (χ3n) is 3.11. The summed E-state index contributed by atoms with van der Waals surface area (Å²) in [6.07, 6.45) is 6.53. The molecule has 1 amide bonds. The number of hydrogen-bond donors (Lipinski definition) is 1. The summed E-state index contributed by atoms with van der Waals surface area (Å²) in [6, 6.07) is 10.7. The number of esters is 1. The lowest BCUT2D eigenvalue weighted by Crippen LogP contribution is -2.20. The average molecular weight is 326 g/mol. The van der Waals surface area contributed by atoms with Crippen LogP contribution in [0.5, 0.6) is 5.75 Å². The molecule has 124 valence electrons. The summed E-state index contributed by atoms with van der Waals surface area (Å²) < 4.78 is 9.74. The Morgan fingerprint density at radius 1 is 1.12 bits per heavy atom. The molecule has 24 heavy (non-hydrogen) atoms. The molecular weight excluding hydrogens is 308 g/mol. The first kappa shape index (κ1) is 17.2. The molecule has 0 aliphatic carbocycles. The van der Waals surface area contributed by atoms with Crippen LogP contribution in [0.1, 0.15) is 11.1 Å². The van der Waals surface area contributed by atoms with E-state index in [4.69, 9.17) is 4.74 Å². The minimum absolute atomic E-state index is 0.136. The van der Waals surface area contributed by atoms with Crippen molar-refractivity contribution in [2.75, 3.05) is 13.7 Å². The first-order valence-corrected chi connectivity index (χ1v) is 7.32. The number of benzene rings is 1. The molecule has 1 aromatic heterocycles. The van der Waals surface area contributed by atoms with Crippen molar-refractivity contribution in [1.82, 2.24) is 10.3 Å². The van der Waals surface area contributed by atoms with Crippen LogP contribution in [0.3, 0.4) is 0 Å². The molecule has 1 heterocycles. The monoisotopic (exact) mass is 326 g/mol. The van der Waals surface area contributed by atoms with Crippen LogP contribution < -0.4 is 10.1 Å². The zero-order chi connectivity index (χ0) is 17.2. The van der Waals surface area contributed by atoms with Gasteiger partial charge in [0.25, 0.3) is 0 Å². The standard InChI is InChI=1S/C18H18N2O4/c1-23-18(22)13-24-16-5-2-14(3-6-16)4-7-17(21)20-12-15-8-10-19-11-9-15/h2-11H,12-13H2,1H3,(H,20,21). The van der Waals surface area contributed by atoms with E-state index in [-0.39, 0.29) is 12.5 Å². The summed E-state index contributed by atoms with van der Waals surface area (Å²) in [4.78, 5) is 26.7. The molecule has 0 saturated carbocycles. The van der Waals surface area contributed by atoms with Crippen LogP contribution in [-0.2, 0) is 20.9 Å². The van der Waals surface area contributed by atoms with Crippen molar-refractivity contribution in [2.24, 2.45) is 0 Å². The van der Waals surface area contributed by atoms with Gasteiger partial charge in [0.1, 0.15) is 5.75 Å². The quantitative estimate of drug-likeness (QED) is 0.622. The van der Waals surface area contributed by atoms with Crippen LogP contribution in [0.15, 0.2) is 54.9 Å². The van der Waals surface area contributed by atoms with Crippen molar-refractivity contribution >= 4 is 18.0 Å². The predicted octanol–water partition coefficient (Wildman–Crippen LogP) is 1.96. The van der Waals surface area contributed by atoms with Gasteiger partial charge in [-0.1, -0.05) is 12.1 Å². The molecule has 0 aliphatic rings. The van der Waals surface area contributed by atoms with Gasteiger partial charge in [-0.25, -0.2) is 4.79 Å². The predicted molar refractivity (Wildman–Crippen MR) is 89.1 cm³/mol. The van der Waals surface area contributed by atoms with E-state index in [1.165, 1.54) is 13.2 Å². The normalized spacial score (nSPS) is 10.4. The van der Waals surface area contributed by atoms with Gasteiger partial charge in [-0.2, -0.15) is 0 Å². The molecule has 1 aromatic carbocycles. The molecule has 0 fully saturated rings. The van der Waals surface area contributed by atoms with E-state index >= 15 is 0 Å². The smallest absolute Gasteiger partial charge is 0.343 e. The van der Waals surface area contributed by atoms with Gasteiger partial charge in [0.2, 0.25) is 5.91 Å². The van der Waals surface area contributed by atoms with Gasteiger partial charge in [-0.3, -0.25) is 9.78 Å². The summed E-state index contributed by atoms with van der Waals surface area (Å²) in [5, 5.41) is 2.79. The number of amides is 1. The third-order valence-corrected chi connectivity index (χ3v) is 3.11. The summed E-state index contributed by atoms with van der Waals surface area (Å²) in [5.74, 6) is -0.0673. The first-order chi connectivity index (χ1) is 11.7. The number of carbonyl (C=O) groups is 2. The lowest BCUT2D eigenvalue weighted by molar-refractivity contribution is -0.142. The molecular formula is C18H18N2O4. The highest BCUT2D eigenvalue weighted by Crippen LogP contribution is 2.13. The van der Waals surface area contributed by atoms with Crippen LogP contribution in [0.4, 0.5) is 0 Å². The number of nitrogens with zero attached hydrogens (tertiary/aromatic N) is 1. The Morgan fingerprint density at radius 2 is 1.83 bits per heavy atom. The van der Waals surface area contributed by atoms with E-state index in [1.54, 1.807) is 42.7 Å². The van der Waals surface area contributed by atoms with E-state index < -0.39 is 5.97 Å². The van der Waals surface area contributed by atoms with Crippen molar-refractivity contribution in [3.05, 3.63) is 66.0 Å². The molecule has 0 radical (unpaired) electrons. The number of pyridine rings is 1. The molecule has 0 atom stereocenters. The Morgan fingerprint density at radius 3 is 2.50 bits per heavy atom. The number of aromatic nitrogens is 1. The summed E-state index contributed by atoms with van der Waals surface area (Å²) in [7, 11) is 1.30. The molecule has 0 saturated heterocycles. The fourth-order valence-electron chi connectivity index (χ4n) is 1.80. The maximum Gasteiger partial charge on any atom is 0.343 e. The maximum absolute atomic E-state index is 11.8. The molecule has 0 spiro atoms. The van der Waals surface area contributed by atoms with Gasteiger partial charge < -0.3 is 14.8 Å². The first-order valence-electron chi connectivity index (χ1n) is 7.32. The van der Waals surface area contributed by atoms with Gasteiger partial charge in [0.05, 0.1) is 7.11 Å². The van der Waals surface area contributed by atoms with Crippen molar-refractivity contribution in [3.63, 3.8) is 0 Å². The number of rotatable bonds is 7. The molecule has 0 aliphatic heterocycles. The molecule has 1 N–H and O–H groups in total. The molecule has 0 bridgehead atoms. The Kier molecular flexibility index (Phi) is 6.52. The number of methoxy groups -OCH3 is 1. The second-order valence-electron chi connectivity index (χ2n) is 4.84. The molecule has 2 rings (SSSR count). The van der Waals surface area contributed by atoms with Crippen molar-refractivity contribution in [2.45, 2.75) is 6.54 Å². The maximum atomic E-state index is 11.8. The summed E-state index contributed by atoms with van der Waals surface area (Å²) >= 11 is 0. The second-order valence-corrected chi connectivity index (χ2v) is 4.84. The van der Waals surface area contributed by atoms with Crippen LogP contribution in [0.2, 0.25) is 0 Å².